The summed E-state index contributed by atoms with van der Waals surface area (Å²) < 4.78 is 0. The fourth-order valence-corrected chi connectivity index (χ4v) is 3.48. The molecule has 5 nitrogen and oxygen atoms in total. The third kappa shape index (κ3) is 3.25. The fourth-order valence-electron chi connectivity index (χ4n) is 3.48. The Kier molecular flexibility index (Phi) is 4.51. The number of hydrogen-bond acceptors (Lipinski definition) is 3. The highest BCUT2D eigenvalue weighted by Crippen LogP contribution is 2.25. The summed E-state index contributed by atoms with van der Waals surface area (Å²) in [5, 5.41) is 0.965. The molecular weight excluding hydrogens is 302 g/mol. The highest BCUT2D eigenvalue weighted by Gasteiger charge is 2.29. The minimum atomic E-state index is -0.358. The van der Waals surface area contributed by atoms with Gasteiger partial charge >= 0.3 is 0 Å². The molecule has 1 unspecified atom stereocenters. The van der Waals surface area contributed by atoms with Crippen LogP contribution in [-0.2, 0) is 4.79 Å². The van der Waals surface area contributed by atoms with Gasteiger partial charge in [0, 0.05) is 24.4 Å². The molecule has 2 aromatic rings. The van der Waals surface area contributed by atoms with Crippen molar-refractivity contribution < 1.29 is 9.59 Å². The first-order valence-corrected chi connectivity index (χ1v) is 8.43. The van der Waals surface area contributed by atoms with E-state index in [1.807, 2.05) is 38.1 Å². The largest absolute Gasteiger partial charge is 0.370 e. The minimum absolute atomic E-state index is 0.0469. The summed E-state index contributed by atoms with van der Waals surface area (Å²) in [4.78, 5) is 30.8. The lowest BCUT2D eigenvalue weighted by Crippen LogP contribution is -2.45. The first-order chi connectivity index (χ1) is 11.5. The highest BCUT2D eigenvalue weighted by atomic mass is 16.2. The topological polar surface area (TPSA) is 76.3 Å². The summed E-state index contributed by atoms with van der Waals surface area (Å²) in [5.41, 5.74) is 8.72. The molecule has 1 fully saturated rings. The standard InChI is InChI=1S/C19H23N3O2/c1-12-6-7-17-14(9-12)10-16(13(2)21-17)19(24)22-8-4-3-5-15(22)11-18(20)23/h6-7,9-10,15H,3-5,8,11H2,1-2H3,(H2,20,23). The lowest BCUT2D eigenvalue weighted by Gasteiger charge is -2.35. The highest BCUT2D eigenvalue weighted by molar-refractivity contribution is 5.99. The van der Waals surface area contributed by atoms with Crippen LogP contribution in [0, 0.1) is 13.8 Å². The van der Waals surface area contributed by atoms with E-state index in [1.54, 1.807) is 4.90 Å². The van der Waals surface area contributed by atoms with Crippen molar-refractivity contribution in [1.29, 1.82) is 0 Å². The zero-order chi connectivity index (χ0) is 17.3. The summed E-state index contributed by atoms with van der Waals surface area (Å²) in [5.74, 6) is -0.405. The fraction of sp³-hybridized carbons (Fsp3) is 0.421. The number of carbonyl (C=O) groups is 2. The Bertz CT molecular complexity index is 801. The van der Waals surface area contributed by atoms with Crippen molar-refractivity contribution in [1.82, 2.24) is 9.88 Å². The van der Waals surface area contributed by atoms with Gasteiger partial charge in [-0.3, -0.25) is 14.6 Å². The number of hydrogen-bond donors (Lipinski definition) is 1. The molecule has 1 aromatic carbocycles. The Balaban J connectivity index is 1.97. The third-order valence-electron chi connectivity index (χ3n) is 4.72. The number of fused-ring (bicyclic) bond motifs is 1. The number of likely N-dealkylation sites (tertiary alicyclic amines) is 1. The SMILES string of the molecule is Cc1ccc2nc(C)c(C(=O)N3CCCCC3CC(N)=O)cc2c1. The van der Waals surface area contributed by atoms with E-state index in [0.29, 0.717) is 12.1 Å². The molecule has 1 saturated heterocycles. The third-order valence-corrected chi connectivity index (χ3v) is 4.72. The van der Waals surface area contributed by atoms with Gasteiger partial charge in [0.15, 0.2) is 0 Å². The molecule has 2 N–H and O–H groups in total. The molecule has 2 amide bonds. The number of amides is 2. The maximum absolute atomic E-state index is 13.1. The van der Waals surface area contributed by atoms with Gasteiger partial charge in [-0.2, -0.15) is 0 Å². The number of piperidine rings is 1. The maximum Gasteiger partial charge on any atom is 0.255 e. The van der Waals surface area contributed by atoms with E-state index >= 15 is 0 Å². The summed E-state index contributed by atoms with van der Waals surface area (Å²) in [6.45, 7) is 4.55. The van der Waals surface area contributed by atoms with Crippen molar-refractivity contribution in [2.75, 3.05) is 6.54 Å². The molecule has 2 heterocycles. The van der Waals surface area contributed by atoms with Gasteiger partial charge in [0.25, 0.3) is 5.91 Å². The maximum atomic E-state index is 13.1. The van der Waals surface area contributed by atoms with Crippen molar-refractivity contribution in [2.45, 2.75) is 45.6 Å². The quantitative estimate of drug-likeness (QED) is 0.942. The van der Waals surface area contributed by atoms with E-state index in [4.69, 9.17) is 5.73 Å². The molecule has 24 heavy (non-hydrogen) atoms. The summed E-state index contributed by atoms with van der Waals surface area (Å²) >= 11 is 0. The normalized spacial score (nSPS) is 17.9. The van der Waals surface area contributed by atoms with Gasteiger partial charge in [0.05, 0.1) is 16.8 Å². The number of rotatable bonds is 3. The Hall–Kier alpha value is -2.43. The molecule has 0 spiro atoms. The van der Waals surface area contributed by atoms with Crippen molar-refractivity contribution in [2.24, 2.45) is 5.73 Å². The van der Waals surface area contributed by atoms with Crippen molar-refractivity contribution in [3.8, 4) is 0 Å². The van der Waals surface area contributed by atoms with Crippen LogP contribution in [0.25, 0.3) is 10.9 Å². The van der Waals surface area contributed by atoms with Crippen LogP contribution in [-0.4, -0.2) is 34.3 Å². The Morgan fingerprint density at radius 2 is 2.04 bits per heavy atom. The Morgan fingerprint density at radius 1 is 1.25 bits per heavy atom. The number of nitrogens with zero attached hydrogens (tertiary/aromatic N) is 2. The molecule has 126 valence electrons. The van der Waals surface area contributed by atoms with Crippen molar-refractivity contribution in [3.05, 3.63) is 41.1 Å². The van der Waals surface area contributed by atoms with Gasteiger partial charge in [0.1, 0.15) is 0 Å². The molecule has 1 aliphatic heterocycles. The van der Waals surface area contributed by atoms with E-state index in [9.17, 15) is 9.59 Å². The van der Waals surface area contributed by atoms with Gasteiger partial charge in [-0.05, 0) is 51.3 Å². The van der Waals surface area contributed by atoms with E-state index in [-0.39, 0.29) is 24.3 Å². The second-order valence-electron chi connectivity index (χ2n) is 6.64. The van der Waals surface area contributed by atoms with E-state index in [2.05, 4.69) is 4.98 Å². The van der Waals surface area contributed by atoms with Crippen LogP contribution in [0.2, 0.25) is 0 Å². The van der Waals surface area contributed by atoms with E-state index < -0.39 is 0 Å². The van der Waals surface area contributed by atoms with Crippen LogP contribution in [0.5, 0.6) is 0 Å². The molecule has 0 bridgehead atoms. The lowest BCUT2D eigenvalue weighted by atomic mass is 9.97. The second kappa shape index (κ2) is 6.59. The smallest absolute Gasteiger partial charge is 0.255 e. The van der Waals surface area contributed by atoms with Crippen LogP contribution in [0.3, 0.4) is 0 Å². The van der Waals surface area contributed by atoms with Gasteiger partial charge in [0.2, 0.25) is 5.91 Å². The average Bonchev–Trinajstić information content (AvgIpc) is 2.54. The molecule has 1 aliphatic rings. The number of nitrogens with two attached hydrogens (primary N) is 1. The summed E-state index contributed by atoms with van der Waals surface area (Å²) in [6, 6.07) is 7.85. The van der Waals surface area contributed by atoms with Crippen molar-refractivity contribution >= 4 is 22.7 Å². The molecule has 5 heteroatoms. The number of benzene rings is 1. The number of aromatic nitrogens is 1. The second-order valence-corrected chi connectivity index (χ2v) is 6.64. The van der Waals surface area contributed by atoms with Crippen LogP contribution >= 0.6 is 0 Å². The Labute approximate surface area is 141 Å². The molecule has 1 atom stereocenters. The number of aryl methyl sites for hydroxylation is 2. The molecule has 0 aliphatic carbocycles. The van der Waals surface area contributed by atoms with Crippen molar-refractivity contribution in [3.63, 3.8) is 0 Å². The average molecular weight is 325 g/mol. The molecule has 1 aromatic heterocycles. The van der Waals surface area contributed by atoms with Gasteiger partial charge in [-0.25, -0.2) is 0 Å². The van der Waals surface area contributed by atoms with Crippen LogP contribution in [0.15, 0.2) is 24.3 Å². The Morgan fingerprint density at radius 3 is 2.79 bits per heavy atom. The molecule has 0 saturated carbocycles. The minimum Gasteiger partial charge on any atom is -0.370 e. The molecule has 0 radical (unpaired) electrons. The summed E-state index contributed by atoms with van der Waals surface area (Å²) in [7, 11) is 0. The van der Waals surface area contributed by atoms with Gasteiger partial charge in [-0.1, -0.05) is 11.6 Å². The van der Waals surface area contributed by atoms with Gasteiger partial charge < -0.3 is 10.6 Å². The predicted molar refractivity (Wildman–Crippen MR) is 93.7 cm³/mol. The first-order valence-electron chi connectivity index (χ1n) is 8.43. The number of primary amides is 1. The molecule has 3 rings (SSSR count). The lowest BCUT2D eigenvalue weighted by molar-refractivity contribution is -0.119. The number of carbonyl (C=O) groups excluding carboxylic acids is 2. The monoisotopic (exact) mass is 325 g/mol. The van der Waals surface area contributed by atoms with Crippen LogP contribution in [0.1, 0.15) is 47.3 Å². The molecular formula is C19H23N3O2. The zero-order valence-electron chi connectivity index (χ0n) is 14.2. The summed E-state index contributed by atoms with van der Waals surface area (Å²) in [6.07, 6.45) is 3.04. The first kappa shape index (κ1) is 16.4. The van der Waals surface area contributed by atoms with E-state index in [0.717, 1.165) is 41.4 Å². The zero-order valence-corrected chi connectivity index (χ0v) is 14.2. The van der Waals surface area contributed by atoms with Crippen LogP contribution in [0.4, 0.5) is 0 Å². The van der Waals surface area contributed by atoms with E-state index in [1.165, 1.54) is 0 Å². The van der Waals surface area contributed by atoms with Gasteiger partial charge in [-0.15, -0.1) is 0 Å². The van der Waals surface area contributed by atoms with Crippen LogP contribution < -0.4 is 5.73 Å². The number of pyridine rings is 1. The predicted octanol–water partition coefficient (Wildman–Crippen LogP) is 2.72.